The number of nitrogens with one attached hydrogen (secondary N) is 2. The second-order valence-corrected chi connectivity index (χ2v) is 6.53. The lowest BCUT2D eigenvalue weighted by atomic mass is 10.3. The first-order valence-electron chi connectivity index (χ1n) is 8.05. The molecule has 2 aromatic rings. The molecule has 0 saturated carbocycles. The molecule has 8 heteroatoms. The molecule has 0 spiro atoms. The summed E-state index contributed by atoms with van der Waals surface area (Å²) in [4.78, 5) is 5.96. The molecule has 24 heavy (non-hydrogen) atoms. The van der Waals surface area contributed by atoms with Gasteiger partial charge in [-0.05, 0) is 31.7 Å². The first kappa shape index (κ1) is 20.9. The molecule has 0 amide bonds. The largest absolute Gasteiger partial charge is 0.356 e. The number of hydrogen-bond acceptors (Lipinski definition) is 4. The molecule has 2 N–H and O–H groups in total. The minimum absolute atomic E-state index is 0. The molecule has 0 fully saturated rings. The molecule has 134 valence electrons. The summed E-state index contributed by atoms with van der Waals surface area (Å²) < 4.78 is 1.97. The average molecular weight is 462 g/mol. The summed E-state index contributed by atoms with van der Waals surface area (Å²) in [5.41, 5.74) is 0. The topological polar surface area (TPSA) is 67.1 Å². The third-order valence-electron chi connectivity index (χ3n) is 3.71. The Morgan fingerprint density at radius 3 is 2.79 bits per heavy atom. The number of guanidine groups is 1. The molecular weight excluding hydrogens is 435 g/mol. The summed E-state index contributed by atoms with van der Waals surface area (Å²) >= 11 is 1.75. The fraction of sp³-hybridized carbons (Fsp3) is 0.562. The van der Waals surface area contributed by atoms with Crippen molar-refractivity contribution in [2.75, 3.05) is 6.54 Å². The first-order valence-corrected chi connectivity index (χ1v) is 8.93. The fourth-order valence-electron chi connectivity index (χ4n) is 2.09. The van der Waals surface area contributed by atoms with Crippen molar-refractivity contribution in [1.29, 1.82) is 0 Å². The Morgan fingerprint density at radius 2 is 2.21 bits per heavy atom. The van der Waals surface area contributed by atoms with Gasteiger partial charge in [0.1, 0.15) is 12.4 Å². The van der Waals surface area contributed by atoms with Crippen LogP contribution in [0.5, 0.6) is 0 Å². The zero-order valence-electron chi connectivity index (χ0n) is 14.7. The van der Waals surface area contributed by atoms with Crippen molar-refractivity contribution < 1.29 is 0 Å². The van der Waals surface area contributed by atoms with Crippen molar-refractivity contribution in [2.24, 2.45) is 12.0 Å². The molecule has 6 nitrogen and oxygen atoms in total. The average Bonchev–Trinajstić information content (AvgIpc) is 3.17. The van der Waals surface area contributed by atoms with Gasteiger partial charge in [0.05, 0.1) is 6.04 Å². The maximum absolute atomic E-state index is 4.67. The molecule has 2 rings (SSSR count). The lowest BCUT2D eigenvalue weighted by Gasteiger charge is -2.17. The highest BCUT2D eigenvalue weighted by Crippen LogP contribution is 2.17. The van der Waals surface area contributed by atoms with Crippen LogP contribution in [0, 0.1) is 6.92 Å². The summed E-state index contributed by atoms with van der Waals surface area (Å²) in [6.45, 7) is 7.70. The van der Waals surface area contributed by atoms with Crippen LogP contribution in [0.2, 0.25) is 0 Å². The van der Waals surface area contributed by atoms with Crippen molar-refractivity contribution in [1.82, 2.24) is 25.4 Å². The number of rotatable bonds is 7. The van der Waals surface area contributed by atoms with Crippen LogP contribution in [0.25, 0.3) is 0 Å². The van der Waals surface area contributed by atoms with Gasteiger partial charge < -0.3 is 15.2 Å². The Morgan fingerprint density at radius 1 is 1.42 bits per heavy atom. The number of aromatic nitrogens is 3. The van der Waals surface area contributed by atoms with E-state index in [9.17, 15) is 0 Å². The molecule has 2 aromatic heterocycles. The molecule has 0 aliphatic carbocycles. The molecule has 1 unspecified atom stereocenters. The van der Waals surface area contributed by atoms with E-state index in [-0.39, 0.29) is 30.0 Å². The molecule has 0 aromatic carbocycles. The van der Waals surface area contributed by atoms with Gasteiger partial charge in [0.2, 0.25) is 0 Å². The number of aryl methyl sites for hydroxylation is 1. The summed E-state index contributed by atoms with van der Waals surface area (Å²) in [5.74, 6) is 2.58. The van der Waals surface area contributed by atoms with Gasteiger partial charge in [0.25, 0.3) is 0 Å². The summed E-state index contributed by atoms with van der Waals surface area (Å²) in [7, 11) is 1.96. The Kier molecular flexibility index (Phi) is 9.27. The number of halogens is 1. The predicted octanol–water partition coefficient (Wildman–Crippen LogP) is 3.40. The minimum atomic E-state index is 0. The second-order valence-electron chi connectivity index (χ2n) is 5.55. The lowest BCUT2D eigenvalue weighted by molar-refractivity contribution is 0.670. The molecule has 1 atom stereocenters. The highest BCUT2D eigenvalue weighted by Gasteiger charge is 2.10. The number of aliphatic imine (C=N–C) groups is 1. The molecule has 0 saturated heterocycles. The highest BCUT2D eigenvalue weighted by atomic mass is 127. The number of thiophene rings is 1. The van der Waals surface area contributed by atoms with Gasteiger partial charge in [-0.3, -0.25) is 0 Å². The van der Waals surface area contributed by atoms with E-state index in [0.717, 1.165) is 37.0 Å². The van der Waals surface area contributed by atoms with E-state index in [0.29, 0.717) is 6.54 Å². The van der Waals surface area contributed by atoms with Crippen LogP contribution in [-0.4, -0.2) is 27.3 Å². The molecule has 0 bridgehead atoms. The molecule has 0 radical (unpaired) electrons. The Hall–Kier alpha value is -1.16. The van der Waals surface area contributed by atoms with Crippen LogP contribution in [0.3, 0.4) is 0 Å². The zero-order chi connectivity index (χ0) is 16.7. The number of hydrogen-bond donors (Lipinski definition) is 2. The number of unbranched alkanes of at least 4 members (excludes halogenated alkanes) is 1. The third-order valence-corrected chi connectivity index (χ3v) is 4.76. The van der Waals surface area contributed by atoms with Gasteiger partial charge in [-0.1, -0.05) is 19.4 Å². The van der Waals surface area contributed by atoms with Crippen LogP contribution in [-0.2, 0) is 13.6 Å². The molecule has 0 aliphatic heterocycles. The van der Waals surface area contributed by atoms with Crippen LogP contribution < -0.4 is 10.6 Å². The van der Waals surface area contributed by atoms with Gasteiger partial charge >= 0.3 is 0 Å². The van der Waals surface area contributed by atoms with Gasteiger partial charge in [-0.15, -0.1) is 45.5 Å². The predicted molar refractivity (Wildman–Crippen MR) is 111 cm³/mol. The van der Waals surface area contributed by atoms with E-state index < -0.39 is 0 Å². The lowest BCUT2D eigenvalue weighted by Crippen LogP contribution is -2.39. The quantitative estimate of drug-likeness (QED) is 0.287. The molecule has 0 aliphatic rings. The fourth-order valence-corrected chi connectivity index (χ4v) is 2.82. The SMILES string of the molecule is CCCCNC(=NCc1nnc(C)n1C)NC(C)c1cccs1.I. The van der Waals surface area contributed by atoms with Crippen molar-refractivity contribution in [3.05, 3.63) is 34.0 Å². The maximum atomic E-state index is 4.67. The zero-order valence-corrected chi connectivity index (χ0v) is 17.9. The molecular formula is C16H27IN6S. The van der Waals surface area contributed by atoms with E-state index in [1.54, 1.807) is 11.3 Å². The summed E-state index contributed by atoms with van der Waals surface area (Å²) in [5, 5.41) is 17.2. The van der Waals surface area contributed by atoms with Crippen LogP contribution in [0.15, 0.2) is 22.5 Å². The van der Waals surface area contributed by atoms with Gasteiger partial charge in [0.15, 0.2) is 11.8 Å². The Labute approximate surface area is 165 Å². The van der Waals surface area contributed by atoms with Crippen molar-refractivity contribution in [3.63, 3.8) is 0 Å². The summed E-state index contributed by atoms with van der Waals surface area (Å²) in [6.07, 6.45) is 2.28. The first-order chi connectivity index (χ1) is 11.1. The standard InChI is InChI=1S/C16H26N6S.HI/c1-5-6-9-17-16(19-12(2)14-8-7-10-23-14)18-11-15-21-20-13(3)22(15)4;/h7-8,10,12H,5-6,9,11H2,1-4H3,(H2,17,18,19);1H. The van der Waals surface area contributed by atoms with Crippen LogP contribution in [0.4, 0.5) is 0 Å². The number of nitrogens with zero attached hydrogens (tertiary/aromatic N) is 4. The van der Waals surface area contributed by atoms with Crippen molar-refractivity contribution in [2.45, 2.75) is 46.2 Å². The van der Waals surface area contributed by atoms with E-state index in [2.05, 4.69) is 57.2 Å². The van der Waals surface area contributed by atoms with Gasteiger partial charge in [-0.2, -0.15) is 0 Å². The van der Waals surface area contributed by atoms with E-state index in [4.69, 9.17) is 0 Å². The third kappa shape index (κ3) is 6.04. The second kappa shape index (κ2) is 10.7. The normalized spacial score (nSPS) is 12.6. The van der Waals surface area contributed by atoms with Crippen LogP contribution in [0.1, 0.15) is 49.3 Å². The monoisotopic (exact) mass is 462 g/mol. The summed E-state index contributed by atoms with van der Waals surface area (Å²) in [6, 6.07) is 4.43. The highest BCUT2D eigenvalue weighted by molar-refractivity contribution is 14.0. The smallest absolute Gasteiger partial charge is 0.192 e. The van der Waals surface area contributed by atoms with E-state index >= 15 is 0 Å². The van der Waals surface area contributed by atoms with Crippen molar-refractivity contribution >= 4 is 41.3 Å². The minimum Gasteiger partial charge on any atom is -0.356 e. The van der Waals surface area contributed by atoms with E-state index in [1.807, 2.05) is 18.5 Å². The Bertz CT molecular complexity index is 623. The molecule has 2 heterocycles. The van der Waals surface area contributed by atoms with Gasteiger partial charge in [-0.25, -0.2) is 4.99 Å². The Balaban J connectivity index is 0.00000288. The van der Waals surface area contributed by atoms with Crippen molar-refractivity contribution in [3.8, 4) is 0 Å². The maximum Gasteiger partial charge on any atom is 0.192 e. The van der Waals surface area contributed by atoms with Crippen LogP contribution >= 0.6 is 35.3 Å². The van der Waals surface area contributed by atoms with E-state index in [1.165, 1.54) is 4.88 Å². The van der Waals surface area contributed by atoms with Gasteiger partial charge in [0, 0.05) is 18.5 Å².